The van der Waals surface area contributed by atoms with E-state index in [9.17, 15) is 4.79 Å². The van der Waals surface area contributed by atoms with Gasteiger partial charge in [0.05, 0.1) is 5.54 Å². The maximum atomic E-state index is 11.2. The number of hydrogen-bond acceptors (Lipinski definition) is 1. The number of urea groups is 1. The largest absolute Gasteiger partial charge is 0.341 e. The van der Waals surface area contributed by atoms with Gasteiger partial charge in [-0.05, 0) is 25.5 Å². The SMILES string of the molecule is CNC(=O)NC(C)(C)c1ccccc1Cl. The second-order valence-electron chi connectivity index (χ2n) is 3.81. The second kappa shape index (κ2) is 4.53. The van der Waals surface area contributed by atoms with Gasteiger partial charge in [0.15, 0.2) is 0 Å². The third-order valence-electron chi connectivity index (χ3n) is 2.20. The highest BCUT2D eigenvalue weighted by atomic mass is 35.5. The van der Waals surface area contributed by atoms with Gasteiger partial charge in [-0.2, -0.15) is 0 Å². The molecule has 0 radical (unpaired) electrons. The molecule has 0 unspecified atom stereocenters. The van der Waals surface area contributed by atoms with E-state index >= 15 is 0 Å². The van der Waals surface area contributed by atoms with E-state index in [0.29, 0.717) is 5.02 Å². The zero-order valence-corrected chi connectivity index (χ0v) is 9.85. The summed E-state index contributed by atoms with van der Waals surface area (Å²) in [5.41, 5.74) is 0.411. The summed E-state index contributed by atoms with van der Waals surface area (Å²) in [7, 11) is 1.58. The van der Waals surface area contributed by atoms with Gasteiger partial charge in [0.25, 0.3) is 0 Å². The standard InChI is InChI=1S/C11H15ClN2O/c1-11(2,14-10(15)13-3)8-6-4-5-7-9(8)12/h4-7H,1-3H3,(H2,13,14,15). The summed E-state index contributed by atoms with van der Waals surface area (Å²) in [5, 5.41) is 6.00. The molecule has 4 heteroatoms. The lowest BCUT2D eigenvalue weighted by atomic mass is 9.94. The summed E-state index contributed by atoms with van der Waals surface area (Å²) in [6.45, 7) is 3.81. The van der Waals surface area contributed by atoms with Crippen molar-refractivity contribution in [1.82, 2.24) is 10.6 Å². The molecule has 1 rings (SSSR count). The van der Waals surface area contributed by atoms with Gasteiger partial charge in [-0.3, -0.25) is 0 Å². The molecule has 0 fully saturated rings. The van der Waals surface area contributed by atoms with E-state index in [2.05, 4.69) is 10.6 Å². The van der Waals surface area contributed by atoms with E-state index in [1.54, 1.807) is 7.05 Å². The Bertz CT molecular complexity index is 363. The minimum Gasteiger partial charge on any atom is -0.341 e. The minimum absolute atomic E-state index is 0.222. The average molecular weight is 227 g/mol. The third-order valence-corrected chi connectivity index (χ3v) is 2.53. The Morgan fingerprint density at radius 1 is 1.33 bits per heavy atom. The molecule has 0 bridgehead atoms. The van der Waals surface area contributed by atoms with Gasteiger partial charge >= 0.3 is 6.03 Å². The van der Waals surface area contributed by atoms with Gasteiger partial charge < -0.3 is 10.6 Å². The lowest BCUT2D eigenvalue weighted by molar-refractivity contribution is 0.232. The van der Waals surface area contributed by atoms with Crippen LogP contribution in [0.4, 0.5) is 4.79 Å². The van der Waals surface area contributed by atoms with E-state index in [1.807, 2.05) is 38.1 Å². The van der Waals surface area contributed by atoms with Crippen molar-refractivity contribution < 1.29 is 4.79 Å². The number of amides is 2. The topological polar surface area (TPSA) is 41.1 Å². The van der Waals surface area contributed by atoms with Crippen molar-refractivity contribution in [2.24, 2.45) is 0 Å². The lowest BCUT2D eigenvalue weighted by Gasteiger charge is -2.27. The number of nitrogens with one attached hydrogen (secondary N) is 2. The van der Waals surface area contributed by atoms with E-state index < -0.39 is 5.54 Å². The van der Waals surface area contributed by atoms with Gasteiger partial charge in [-0.25, -0.2) is 4.79 Å². The predicted molar refractivity (Wildman–Crippen MR) is 62.1 cm³/mol. The summed E-state index contributed by atoms with van der Waals surface area (Å²) in [5.74, 6) is 0. The number of rotatable bonds is 2. The maximum Gasteiger partial charge on any atom is 0.315 e. The van der Waals surface area contributed by atoms with Crippen LogP contribution in [0.1, 0.15) is 19.4 Å². The molecule has 15 heavy (non-hydrogen) atoms. The maximum absolute atomic E-state index is 11.2. The quantitative estimate of drug-likeness (QED) is 0.800. The van der Waals surface area contributed by atoms with Crippen molar-refractivity contribution in [2.45, 2.75) is 19.4 Å². The summed E-state index contributed by atoms with van der Waals surface area (Å²) >= 11 is 6.06. The summed E-state index contributed by atoms with van der Waals surface area (Å²) in [4.78, 5) is 11.2. The predicted octanol–water partition coefficient (Wildman–Crippen LogP) is 2.50. The van der Waals surface area contributed by atoms with Crippen LogP contribution in [0.2, 0.25) is 5.02 Å². The fraction of sp³-hybridized carbons (Fsp3) is 0.364. The van der Waals surface area contributed by atoms with Gasteiger partial charge in [-0.15, -0.1) is 0 Å². The molecule has 2 amide bonds. The molecule has 0 heterocycles. The first-order valence-corrected chi connectivity index (χ1v) is 5.10. The van der Waals surface area contributed by atoms with Gasteiger partial charge in [0.1, 0.15) is 0 Å². The van der Waals surface area contributed by atoms with E-state index in [1.165, 1.54) is 0 Å². The van der Waals surface area contributed by atoms with Crippen LogP contribution in [0.15, 0.2) is 24.3 Å². The zero-order chi connectivity index (χ0) is 11.5. The Morgan fingerprint density at radius 2 is 1.93 bits per heavy atom. The Kier molecular flexibility index (Phi) is 3.58. The van der Waals surface area contributed by atoms with E-state index in [0.717, 1.165) is 5.56 Å². The average Bonchev–Trinajstić information content (AvgIpc) is 2.17. The number of carbonyl (C=O) groups is 1. The van der Waals surface area contributed by atoms with Crippen LogP contribution >= 0.6 is 11.6 Å². The molecule has 2 N–H and O–H groups in total. The van der Waals surface area contributed by atoms with Crippen molar-refractivity contribution in [3.05, 3.63) is 34.9 Å². The Labute approximate surface area is 94.8 Å². The number of carbonyl (C=O) groups excluding carboxylic acids is 1. The highest BCUT2D eigenvalue weighted by Gasteiger charge is 2.24. The first-order chi connectivity index (χ1) is 6.97. The molecule has 1 aromatic rings. The van der Waals surface area contributed by atoms with Crippen LogP contribution in [0, 0.1) is 0 Å². The highest BCUT2D eigenvalue weighted by molar-refractivity contribution is 6.31. The zero-order valence-electron chi connectivity index (χ0n) is 9.10. The van der Waals surface area contributed by atoms with Crippen LogP contribution in [-0.2, 0) is 5.54 Å². The number of halogens is 1. The Morgan fingerprint density at radius 3 is 2.47 bits per heavy atom. The van der Waals surface area contributed by atoms with Gasteiger partial charge in [0.2, 0.25) is 0 Å². The van der Waals surface area contributed by atoms with Gasteiger partial charge in [0, 0.05) is 12.1 Å². The molecule has 0 aliphatic heterocycles. The molecule has 82 valence electrons. The van der Waals surface area contributed by atoms with Crippen LogP contribution in [0.3, 0.4) is 0 Å². The second-order valence-corrected chi connectivity index (χ2v) is 4.22. The van der Waals surface area contributed by atoms with Crippen molar-refractivity contribution in [1.29, 1.82) is 0 Å². The van der Waals surface area contributed by atoms with Crippen molar-refractivity contribution in [2.75, 3.05) is 7.05 Å². The molecule has 0 aliphatic carbocycles. The molecule has 0 saturated carbocycles. The van der Waals surface area contributed by atoms with Crippen LogP contribution in [0.25, 0.3) is 0 Å². The number of hydrogen-bond donors (Lipinski definition) is 2. The minimum atomic E-state index is -0.488. The van der Waals surface area contributed by atoms with E-state index in [-0.39, 0.29) is 6.03 Å². The Hall–Kier alpha value is -1.22. The van der Waals surface area contributed by atoms with Crippen LogP contribution in [0.5, 0.6) is 0 Å². The van der Waals surface area contributed by atoms with Crippen molar-refractivity contribution >= 4 is 17.6 Å². The summed E-state index contributed by atoms with van der Waals surface area (Å²) in [6, 6.07) is 7.25. The fourth-order valence-corrected chi connectivity index (χ4v) is 1.75. The third kappa shape index (κ3) is 2.86. The molecule has 3 nitrogen and oxygen atoms in total. The molecule has 0 spiro atoms. The smallest absolute Gasteiger partial charge is 0.315 e. The lowest BCUT2D eigenvalue weighted by Crippen LogP contribution is -2.45. The van der Waals surface area contributed by atoms with Crippen LogP contribution < -0.4 is 10.6 Å². The molecule has 0 aromatic heterocycles. The first kappa shape index (κ1) is 11.9. The molecule has 1 aromatic carbocycles. The summed E-state index contributed by atoms with van der Waals surface area (Å²) in [6.07, 6.45) is 0. The van der Waals surface area contributed by atoms with Crippen molar-refractivity contribution in [3.63, 3.8) is 0 Å². The molecule has 0 atom stereocenters. The molecular formula is C11H15ClN2O. The normalized spacial score (nSPS) is 10.9. The molecular weight excluding hydrogens is 212 g/mol. The number of benzene rings is 1. The van der Waals surface area contributed by atoms with E-state index in [4.69, 9.17) is 11.6 Å². The fourth-order valence-electron chi connectivity index (χ4n) is 1.38. The molecule has 0 aliphatic rings. The van der Waals surface area contributed by atoms with Gasteiger partial charge in [-0.1, -0.05) is 29.8 Å². The van der Waals surface area contributed by atoms with Crippen LogP contribution in [-0.4, -0.2) is 13.1 Å². The monoisotopic (exact) mass is 226 g/mol. The first-order valence-electron chi connectivity index (χ1n) is 4.72. The molecule has 0 saturated heterocycles. The highest BCUT2D eigenvalue weighted by Crippen LogP contribution is 2.27. The Balaban J connectivity index is 2.95. The van der Waals surface area contributed by atoms with Crippen molar-refractivity contribution in [3.8, 4) is 0 Å². The summed E-state index contributed by atoms with van der Waals surface area (Å²) < 4.78 is 0.